The van der Waals surface area contributed by atoms with E-state index in [-0.39, 0.29) is 30.8 Å². The van der Waals surface area contributed by atoms with E-state index in [4.69, 9.17) is 28.4 Å². The molecule has 43 heavy (non-hydrogen) atoms. The van der Waals surface area contributed by atoms with Crippen LogP contribution in [0.15, 0.2) is 60.7 Å². The zero-order valence-electron chi connectivity index (χ0n) is 23.7. The molecule has 4 bridgehead atoms. The lowest BCUT2D eigenvalue weighted by molar-refractivity contribution is -0.381. The number of methoxy groups -OCH3 is 1. The molecule has 230 valence electrons. The van der Waals surface area contributed by atoms with Crippen LogP contribution < -0.4 is 0 Å². The molecule has 0 unspecified atom stereocenters. The van der Waals surface area contributed by atoms with E-state index in [1.54, 1.807) is 67.6 Å². The summed E-state index contributed by atoms with van der Waals surface area (Å²) in [5.41, 5.74) is -3.31. The highest BCUT2D eigenvalue weighted by molar-refractivity contribution is 5.90. The van der Waals surface area contributed by atoms with Gasteiger partial charge in [-0.05, 0) is 37.6 Å². The number of ether oxygens (including phenoxy) is 6. The maximum Gasteiger partial charge on any atom is 0.338 e. The number of esters is 2. The summed E-state index contributed by atoms with van der Waals surface area (Å²) >= 11 is 0. The van der Waals surface area contributed by atoms with E-state index < -0.39 is 78.1 Å². The summed E-state index contributed by atoms with van der Waals surface area (Å²) in [6.07, 6.45) is -8.70. The molecule has 0 aromatic heterocycles. The van der Waals surface area contributed by atoms with Gasteiger partial charge in [0.1, 0.15) is 54.6 Å². The number of fused-ring (bicyclic) bond motifs is 1. The zero-order valence-corrected chi connectivity index (χ0v) is 23.7. The summed E-state index contributed by atoms with van der Waals surface area (Å²) < 4.78 is 35.5. The second-order valence-corrected chi connectivity index (χ2v) is 11.7. The molecule has 3 N–H and O–H groups in total. The van der Waals surface area contributed by atoms with Gasteiger partial charge in [0.05, 0.1) is 16.5 Å². The maximum absolute atomic E-state index is 13.3. The number of hydrogen-bond acceptors (Lipinski definition) is 12. The predicted octanol–water partition coefficient (Wildman–Crippen LogP) is 1.00. The molecule has 12 heteroatoms. The van der Waals surface area contributed by atoms with E-state index >= 15 is 0 Å². The van der Waals surface area contributed by atoms with Crippen LogP contribution in [0, 0.1) is 11.3 Å². The van der Waals surface area contributed by atoms with Crippen LogP contribution in [0.5, 0.6) is 0 Å². The normalized spacial score (nSPS) is 39.6. The van der Waals surface area contributed by atoms with E-state index in [0.29, 0.717) is 5.56 Å². The van der Waals surface area contributed by atoms with Gasteiger partial charge >= 0.3 is 11.9 Å². The number of aliphatic hydroxyl groups is 3. The van der Waals surface area contributed by atoms with Gasteiger partial charge in [0.2, 0.25) is 0 Å². The molecule has 2 aromatic rings. The second-order valence-electron chi connectivity index (χ2n) is 11.7. The highest BCUT2D eigenvalue weighted by Crippen LogP contribution is 2.74. The molecule has 3 aliphatic carbocycles. The quantitative estimate of drug-likeness (QED) is 0.351. The minimum absolute atomic E-state index is 0.0297. The van der Waals surface area contributed by atoms with E-state index in [9.17, 15) is 29.7 Å². The zero-order chi connectivity index (χ0) is 30.6. The molecule has 3 saturated carbocycles. The van der Waals surface area contributed by atoms with Crippen LogP contribution in [0.3, 0.4) is 0 Å². The average molecular weight is 599 g/mol. The first kappa shape index (κ1) is 29.8. The summed E-state index contributed by atoms with van der Waals surface area (Å²) in [5, 5.41) is 32.3. The number of rotatable bonds is 9. The van der Waals surface area contributed by atoms with Gasteiger partial charge in [-0.25, -0.2) is 9.59 Å². The lowest BCUT2D eigenvalue weighted by Gasteiger charge is -2.66. The molecule has 0 spiro atoms. The lowest BCUT2D eigenvalue weighted by Crippen LogP contribution is -2.80. The van der Waals surface area contributed by atoms with Gasteiger partial charge in [-0.3, -0.25) is 4.79 Å². The second kappa shape index (κ2) is 11.0. The predicted molar refractivity (Wildman–Crippen MR) is 144 cm³/mol. The fourth-order valence-corrected chi connectivity index (χ4v) is 7.18. The van der Waals surface area contributed by atoms with E-state index in [0.717, 1.165) is 0 Å². The molecular formula is C31H34O12. The van der Waals surface area contributed by atoms with Gasteiger partial charge in [-0.1, -0.05) is 36.4 Å². The van der Waals surface area contributed by atoms with Crippen LogP contribution in [0.2, 0.25) is 0 Å². The molecular weight excluding hydrogens is 564 g/mol. The summed E-state index contributed by atoms with van der Waals surface area (Å²) in [5.74, 6) is -2.02. The third-order valence-electron chi connectivity index (χ3n) is 9.45. The Bertz CT molecular complexity index is 1370. The van der Waals surface area contributed by atoms with Crippen molar-refractivity contribution in [1.29, 1.82) is 0 Å². The first-order chi connectivity index (χ1) is 20.6. The SMILES string of the molecule is CO[C@H]1O[C@@]2(C)CC(=O)[C@@H]3C[C@@]2(O[C@@H]2O[C@H](COC(=O)c4ccccc4)[C@H](O)[C@H](O)[C@H]2O)[C@]13COC(=O)c1ccccc1. The Kier molecular flexibility index (Phi) is 7.66. The third kappa shape index (κ3) is 4.51. The standard InChI is InChI=1S/C31H34O12/c1-29-14-20(32)19-13-31(29,30(19,28(38-2)43-29)16-40-26(37)18-11-7-4-8-12-18)42-27-24(35)23(34)22(33)21(41-27)15-39-25(36)17-9-5-3-6-10-17/h3-12,19,21-24,27-28,33-35H,13-16H2,1-2H3/t19-,21+,22-,23-,24+,27-,28-,29-,30-,31-/m0/s1. The molecule has 2 aromatic carbocycles. The smallest absolute Gasteiger partial charge is 0.338 e. The highest BCUT2D eigenvalue weighted by atomic mass is 16.8. The Labute approximate surface area is 247 Å². The van der Waals surface area contributed by atoms with Gasteiger partial charge in [0.15, 0.2) is 12.6 Å². The van der Waals surface area contributed by atoms with Gasteiger partial charge in [-0.2, -0.15) is 0 Å². The van der Waals surface area contributed by atoms with Crippen molar-refractivity contribution in [3.05, 3.63) is 71.8 Å². The summed E-state index contributed by atoms with van der Waals surface area (Å²) in [6, 6.07) is 16.6. The van der Waals surface area contributed by atoms with Crippen molar-refractivity contribution in [3.63, 3.8) is 0 Å². The van der Waals surface area contributed by atoms with Crippen molar-refractivity contribution in [3.8, 4) is 0 Å². The fourth-order valence-electron chi connectivity index (χ4n) is 7.18. The van der Waals surface area contributed by atoms with Crippen LogP contribution >= 0.6 is 0 Å². The molecule has 2 saturated heterocycles. The first-order valence-electron chi connectivity index (χ1n) is 14.1. The number of hydrogen-bond donors (Lipinski definition) is 3. The van der Waals surface area contributed by atoms with Crippen molar-refractivity contribution in [2.24, 2.45) is 11.3 Å². The molecule has 10 atom stereocenters. The monoisotopic (exact) mass is 598 g/mol. The molecule has 5 aliphatic rings. The third-order valence-corrected chi connectivity index (χ3v) is 9.45. The van der Waals surface area contributed by atoms with E-state index in [2.05, 4.69) is 0 Å². The van der Waals surface area contributed by atoms with Crippen LogP contribution in [0.4, 0.5) is 0 Å². The maximum atomic E-state index is 13.3. The van der Waals surface area contributed by atoms with Gasteiger partial charge in [0, 0.05) is 19.4 Å². The molecule has 2 heterocycles. The Hall–Kier alpha value is -3.23. The number of Topliss-reactive ketones (excluding diaryl/α,β-unsaturated/α-hetero) is 1. The molecule has 2 aliphatic heterocycles. The minimum atomic E-state index is -1.71. The highest BCUT2D eigenvalue weighted by Gasteiger charge is 2.87. The molecule has 0 amide bonds. The molecule has 12 nitrogen and oxygen atoms in total. The number of carbonyl (C=O) groups excluding carboxylic acids is 3. The summed E-state index contributed by atoms with van der Waals surface area (Å²) in [6.45, 7) is 0.949. The van der Waals surface area contributed by atoms with Gasteiger partial charge < -0.3 is 43.7 Å². The number of ketones is 1. The number of aliphatic hydroxyl groups excluding tert-OH is 3. The Morgan fingerprint density at radius 1 is 0.907 bits per heavy atom. The lowest BCUT2D eigenvalue weighted by atomic mass is 9.41. The van der Waals surface area contributed by atoms with Crippen LogP contribution in [-0.4, -0.2) is 102 Å². The molecule has 0 radical (unpaired) electrons. The van der Waals surface area contributed by atoms with Gasteiger partial charge in [0.25, 0.3) is 0 Å². The van der Waals surface area contributed by atoms with Crippen molar-refractivity contribution in [2.75, 3.05) is 20.3 Å². The largest absolute Gasteiger partial charge is 0.461 e. The van der Waals surface area contributed by atoms with Crippen molar-refractivity contribution >= 4 is 17.7 Å². The fraction of sp³-hybridized carbons (Fsp3) is 0.516. The minimum Gasteiger partial charge on any atom is -0.461 e. The number of carbonyl (C=O) groups is 3. The van der Waals surface area contributed by atoms with Crippen LogP contribution in [0.1, 0.15) is 40.5 Å². The molecule has 7 rings (SSSR count). The molecule has 5 fully saturated rings. The Morgan fingerprint density at radius 2 is 1.51 bits per heavy atom. The van der Waals surface area contributed by atoms with Crippen molar-refractivity contribution < 1.29 is 58.1 Å². The van der Waals surface area contributed by atoms with Crippen LogP contribution in [0.25, 0.3) is 0 Å². The Morgan fingerprint density at radius 3 is 2.12 bits per heavy atom. The van der Waals surface area contributed by atoms with Crippen molar-refractivity contribution in [1.82, 2.24) is 0 Å². The van der Waals surface area contributed by atoms with E-state index in [1.807, 2.05) is 0 Å². The first-order valence-corrected chi connectivity index (χ1v) is 14.1. The summed E-state index contributed by atoms with van der Waals surface area (Å²) in [7, 11) is 1.41. The van der Waals surface area contributed by atoms with Crippen LogP contribution in [-0.2, 0) is 33.2 Å². The Balaban J connectivity index is 1.26. The van der Waals surface area contributed by atoms with E-state index in [1.165, 1.54) is 7.11 Å². The average Bonchev–Trinajstić information content (AvgIpc) is 3.10. The van der Waals surface area contributed by atoms with Gasteiger partial charge in [-0.15, -0.1) is 0 Å². The van der Waals surface area contributed by atoms with Crippen molar-refractivity contribution in [2.45, 2.75) is 68.0 Å². The topological polar surface area (TPSA) is 167 Å². The summed E-state index contributed by atoms with van der Waals surface area (Å²) in [4.78, 5) is 38.7. The number of benzene rings is 2.